The molecule has 0 amide bonds. The van der Waals surface area contributed by atoms with Gasteiger partial charge in [-0.3, -0.25) is 0 Å². The lowest BCUT2D eigenvalue weighted by Crippen LogP contribution is -2.25. The third-order valence-electron chi connectivity index (χ3n) is 3.92. The molecule has 18 heavy (non-hydrogen) atoms. The molecular formula is C15H21IO2. The molecule has 2 atom stereocenters. The number of hydrogen-bond acceptors (Lipinski definition) is 2. The van der Waals surface area contributed by atoms with E-state index in [9.17, 15) is 10.2 Å². The molecule has 3 heteroatoms. The van der Waals surface area contributed by atoms with Gasteiger partial charge < -0.3 is 10.2 Å². The van der Waals surface area contributed by atoms with E-state index >= 15 is 0 Å². The first kappa shape index (κ1) is 14.3. The molecule has 1 saturated carbocycles. The largest absolute Gasteiger partial charge is 0.393 e. The van der Waals surface area contributed by atoms with Crippen LogP contribution in [0.4, 0.5) is 0 Å². The molecule has 1 fully saturated rings. The predicted octanol–water partition coefficient (Wildman–Crippen LogP) is 3.66. The summed E-state index contributed by atoms with van der Waals surface area (Å²) in [7, 11) is 0. The first-order valence-electron chi connectivity index (χ1n) is 6.79. The monoisotopic (exact) mass is 360 g/mol. The molecule has 1 aromatic rings. The third-order valence-corrected chi connectivity index (χ3v) is 4.91. The fraction of sp³-hybridized carbons (Fsp3) is 0.600. The Hall–Kier alpha value is -0.130. The average Bonchev–Trinajstić information content (AvgIpc) is 2.40. The number of aliphatic hydroxyl groups is 2. The second kappa shape index (κ2) is 6.87. The van der Waals surface area contributed by atoms with Crippen LogP contribution < -0.4 is 0 Å². The molecule has 2 nitrogen and oxygen atoms in total. The summed E-state index contributed by atoms with van der Waals surface area (Å²) in [6.45, 7) is 0. The van der Waals surface area contributed by atoms with E-state index in [1.165, 1.54) is 19.3 Å². The molecule has 2 N–H and O–H groups in total. The summed E-state index contributed by atoms with van der Waals surface area (Å²) in [5, 5.41) is 20.5. The van der Waals surface area contributed by atoms with Crippen molar-refractivity contribution in [1.29, 1.82) is 0 Å². The maximum absolute atomic E-state index is 10.2. The SMILES string of the molecule is O[C@H](C[C@@H](O)C1CCCCC1)c1ccccc1I. The first-order chi connectivity index (χ1) is 8.68. The minimum atomic E-state index is -0.546. The Morgan fingerprint density at radius 2 is 1.78 bits per heavy atom. The lowest BCUT2D eigenvalue weighted by Gasteiger charge is -2.28. The molecule has 1 aromatic carbocycles. The van der Waals surface area contributed by atoms with Gasteiger partial charge in [0.15, 0.2) is 0 Å². The summed E-state index contributed by atoms with van der Waals surface area (Å²) < 4.78 is 1.07. The van der Waals surface area contributed by atoms with E-state index in [-0.39, 0.29) is 6.10 Å². The zero-order chi connectivity index (χ0) is 13.0. The molecule has 0 aliphatic heterocycles. The summed E-state index contributed by atoms with van der Waals surface area (Å²) in [4.78, 5) is 0. The Labute approximate surface area is 123 Å². The molecule has 0 heterocycles. The summed E-state index contributed by atoms with van der Waals surface area (Å²) in [6.07, 6.45) is 5.51. The highest BCUT2D eigenvalue weighted by Gasteiger charge is 2.24. The van der Waals surface area contributed by atoms with Crippen LogP contribution in [0.2, 0.25) is 0 Å². The van der Waals surface area contributed by atoms with Crippen molar-refractivity contribution in [2.45, 2.75) is 50.7 Å². The molecule has 0 spiro atoms. The second-order valence-corrected chi connectivity index (χ2v) is 6.40. The average molecular weight is 360 g/mol. The van der Waals surface area contributed by atoms with Gasteiger partial charge in [0, 0.05) is 9.99 Å². The lowest BCUT2D eigenvalue weighted by atomic mass is 9.83. The van der Waals surface area contributed by atoms with Gasteiger partial charge in [0.2, 0.25) is 0 Å². The number of benzene rings is 1. The fourth-order valence-corrected chi connectivity index (χ4v) is 3.56. The van der Waals surface area contributed by atoms with Gasteiger partial charge in [-0.25, -0.2) is 0 Å². The van der Waals surface area contributed by atoms with Gasteiger partial charge in [0.05, 0.1) is 12.2 Å². The Kier molecular flexibility index (Phi) is 5.45. The van der Waals surface area contributed by atoms with Crippen molar-refractivity contribution in [1.82, 2.24) is 0 Å². The summed E-state index contributed by atoms with van der Waals surface area (Å²) in [6, 6.07) is 7.84. The van der Waals surface area contributed by atoms with Crippen LogP contribution in [-0.4, -0.2) is 16.3 Å². The Morgan fingerprint density at radius 3 is 2.44 bits per heavy atom. The highest BCUT2D eigenvalue weighted by Crippen LogP contribution is 2.31. The van der Waals surface area contributed by atoms with E-state index in [1.54, 1.807) is 0 Å². The number of hydrogen-bond donors (Lipinski definition) is 2. The second-order valence-electron chi connectivity index (χ2n) is 5.24. The Bertz CT molecular complexity index is 375. The molecule has 0 radical (unpaired) electrons. The van der Waals surface area contributed by atoms with Gasteiger partial charge in [-0.2, -0.15) is 0 Å². The van der Waals surface area contributed by atoms with Gasteiger partial charge in [0.25, 0.3) is 0 Å². The minimum Gasteiger partial charge on any atom is -0.393 e. The zero-order valence-electron chi connectivity index (χ0n) is 10.6. The van der Waals surface area contributed by atoms with Crippen LogP contribution >= 0.6 is 22.6 Å². The van der Waals surface area contributed by atoms with Crippen molar-refractivity contribution in [2.24, 2.45) is 5.92 Å². The van der Waals surface area contributed by atoms with E-state index in [2.05, 4.69) is 22.6 Å². The van der Waals surface area contributed by atoms with Gasteiger partial charge >= 0.3 is 0 Å². The predicted molar refractivity (Wildman–Crippen MR) is 81.3 cm³/mol. The Morgan fingerprint density at radius 1 is 1.11 bits per heavy atom. The molecule has 0 unspecified atom stereocenters. The van der Waals surface area contributed by atoms with Crippen molar-refractivity contribution < 1.29 is 10.2 Å². The Balaban J connectivity index is 1.94. The maximum Gasteiger partial charge on any atom is 0.0825 e. The van der Waals surface area contributed by atoms with Crippen molar-refractivity contribution >= 4 is 22.6 Å². The van der Waals surface area contributed by atoms with E-state index in [0.717, 1.165) is 22.0 Å². The molecule has 1 aliphatic carbocycles. The number of rotatable bonds is 4. The summed E-state index contributed by atoms with van der Waals surface area (Å²) in [5.74, 6) is 0.384. The van der Waals surface area contributed by atoms with Crippen LogP contribution in [0.5, 0.6) is 0 Å². The van der Waals surface area contributed by atoms with Gasteiger partial charge in [0.1, 0.15) is 0 Å². The summed E-state index contributed by atoms with van der Waals surface area (Å²) >= 11 is 2.24. The van der Waals surface area contributed by atoms with Crippen LogP contribution in [-0.2, 0) is 0 Å². The van der Waals surface area contributed by atoms with Crippen LogP contribution in [0.25, 0.3) is 0 Å². The maximum atomic E-state index is 10.2. The quantitative estimate of drug-likeness (QED) is 0.805. The van der Waals surface area contributed by atoms with Gasteiger partial charge in [-0.05, 0) is 53.0 Å². The molecule has 0 bridgehead atoms. The fourth-order valence-electron chi connectivity index (χ4n) is 2.81. The molecule has 100 valence electrons. The molecular weight excluding hydrogens is 339 g/mol. The van der Waals surface area contributed by atoms with Crippen molar-refractivity contribution in [3.63, 3.8) is 0 Å². The van der Waals surface area contributed by atoms with E-state index < -0.39 is 6.10 Å². The third kappa shape index (κ3) is 3.68. The molecule has 1 aliphatic rings. The normalized spacial score (nSPS) is 20.6. The number of aliphatic hydroxyl groups excluding tert-OH is 2. The molecule has 2 rings (SSSR count). The van der Waals surface area contributed by atoms with Crippen molar-refractivity contribution in [3.05, 3.63) is 33.4 Å². The molecule has 0 aromatic heterocycles. The minimum absolute atomic E-state index is 0.365. The van der Waals surface area contributed by atoms with Crippen LogP contribution in [0.15, 0.2) is 24.3 Å². The van der Waals surface area contributed by atoms with E-state index in [1.807, 2.05) is 24.3 Å². The van der Waals surface area contributed by atoms with E-state index in [0.29, 0.717) is 12.3 Å². The van der Waals surface area contributed by atoms with Crippen molar-refractivity contribution in [3.8, 4) is 0 Å². The van der Waals surface area contributed by atoms with Crippen LogP contribution in [0, 0.1) is 9.49 Å². The first-order valence-corrected chi connectivity index (χ1v) is 7.87. The number of halogens is 1. The van der Waals surface area contributed by atoms with E-state index in [4.69, 9.17) is 0 Å². The smallest absolute Gasteiger partial charge is 0.0825 e. The van der Waals surface area contributed by atoms with Crippen LogP contribution in [0.3, 0.4) is 0 Å². The van der Waals surface area contributed by atoms with Gasteiger partial charge in [-0.15, -0.1) is 0 Å². The van der Waals surface area contributed by atoms with Crippen LogP contribution in [0.1, 0.15) is 50.2 Å². The topological polar surface area (TPSA) is 40.5 Å². The highest BCUT2D eigenvalue weighted by atomic mass is 127. The van der Waals surface area contributed by atoms with Crippen molar-refractivity contribution in [2.75, 3.05) is 0 Å². The summed E-state index contributed by atoms with van der Waals surface area (Å²) in [5.41, 5.74) is 0.938. The highest BCUT2D eigenvalue weighted by molar-refractivity contribution is 14.1. The lowest BCUT2D eigenvalue weighted by molar-refractivity contribution is 0.0301. The molecule has 0 saturated heterocycles. The zero-order valence-corrected chi connectivity index (χ0v) is 12.7. The standard InChI is InChI=1S/C15H21IO2/c16-13-9-5-4-8-12(13)15(18)10-14(17)11-6-2-1-3-7-11/h4-5,8-9,11,14-15,17-18H,1-3,6-7,10H2/t14-,15-/m1/s1. The van der Waals surface area contributed by atoms with Gasteiger partial charge in [-0.1, -0.05) is 37.5 Å².